The standard InChI is InChI=1S/C20H20FN9O2/c1-10-14(11(2)29-20(24-10)15(9-23-29)19(22)32)5-7-18(31)25-13-4-6-16(21)17(8-13)30-12(3)26-27-28-30/h4,6,8-9H,5,7H2,1-3H3,(H2,22,32)(H,25,31). The molecule has 3 N–H and O–H groups in total. The number of benzene rings is 1. The summed E-state index contributed by atoms with van der Waals surface area (Å²) in [6.45, 7) is 5.29. The summed E-state index contributed by atoms with van der Waals surface area (Å²) < 4.78 is 17.0. The SMILES string of the molecule is Cc1nc2c(C(N)=O)cnn2c(C)c1CCC(=O)Nc1ccc(F)c(-n2nnnc2C)c1. The second-order valence-corrected chi connectivity index (χ2v) is 7.27. The summed E-state index contributed by atoms with van der Waals surface area (Å²) in [4.78, 5) is 28.6. The summed E-state index contributed by atoms with van der Waals surface area (Å²) >= 11 is 0. The van der Waals surface area contributed by atoms with Crippen LogP contribution in [-0.2, 0) is 11.2 Å². The Labute approximate surface area is 181 Å². The van der Waals surface area contributed by atoms with Crippen LogP contribution in [0.2, 0.25) is 0 Å². The molecule has 1 aromatic carbocycles. The fraction of sp³-hybridized carbons (Fsp3) is 0.250. The number of hydrogen-bond donors (Lipinski definition) is 2. The van der Waals surface area contributed by atoms with Gasteiger partial charge in [-0.2, -0.15) is 9.78 Å². The highest BCUT2D eigenvalue weighted by atomic mass is 19.1. The van der Waals surface area contributed by atoms with E-state index in [9.17, 15) is 14.0 Å². The van der Waals surface area contributed by atoms with Crippen LogP contribution in [0.25, 0.3) is 11.3 Å². The fourth-order valence-electron chi connectivity index (χ4n) is 3.52. The van der Waals surface area contributed by atoms with Crippen molar-refractivity contribution in [1.82, 2.24) is 34.8 Å². The Morgan fingerprint density at radius 3 is 2.69 bits per heavy atom. The number of fused-ring (bicyclic) bond motifs is 1. The average molecular weight is 437 g/mol. The molecule has 0 unspecified atom stereocenters. The van der Waals surface area contributed by atoms with Crippen molar-refractivity contribution in [2.75, 3.05) is 5.32 Å². The summed E-state index contributed by atoms with van der Waals surface area (Å²) in [5.74, 6) is -0.958. The third kappa shape index (κ3) is 3.77. The molecule has 3 heterocycles. The van der Waals surface area contributed by atoms with Crippen LogP contribution in [0, 0.1) is 26.6 Å². The quantitative estimate of drug-likeness (QED) is 0.464. The number of nitrogens with zero attached hydrogens (tertiary/aromatic N) is 7. The van der Waals surface area contributed by atoms with E-state index >= 15 is 0 Å². The van der Waals surface area contributed by atoms with Crippen molar-refractivity contribution >= 4 is 23.1 Å². The zero-order valence-corrected chi connectivity index (χ0v) is 17.6. The van der Waals surface area contributed by atoms with Crippen molar-refractivity contribution in [2.24, 2.45) is 5.73 Å². The molecule has 0 spiro atoms. The number of aryl methyl sites for hydroxylation is 3. The van der Waals surface area contributed by atoms with Gasteiger partial charge < -0.3 is 11.1 Å². The lowest BCUT2D eigenvalue weighted by atomic mass is 10.1. The van der Waals surface area contributed by atoms with E-state index in [2.05, 4.69) is 30.9 Å². The number of primary amides is 1. The number of carbonyl (C=O) groups excluding carboxylic acids is 2. The molecule has 4 aromatic rings. The van der Waals surface area contributed by atoms with E-state index in [4.69, 9.17) is 5.73 Å². The highest BCUT2D eigenvalue weighted by molar-refractivity contribution is 5.98. The van der Waals surface area contributed by atoms with E-state index in [-0.39, 0.29) is 23.6 Å². The van der Waals surface area contributed by atoms with Gasteiger partial charge >= 0.3 is 0 Å². The Kier molecular flexibility index (Phi) is 5.34. The minimum absolute atomic E-state index is 0.135. The van der Waals surface area contributed by atoms with Gasteiger partial charge in [0.25, 0.3) is 5.91 Å². The highest BCUT2D eigenvalue weighted by Crippen LogP contribution is 2.21. The van der Waals surface area contributed by atoms with Crippen molar-refractivity contribution in [3.8, 4) is 5.69 Å². The summed E-state index contributed by atoms with van der Waals surface area (Å²) in [5.41, 5.74) is 8.85. The van der Waals surface area contributed by atoms with E-state index in [1.54, 1.807) is 18.4 Å². The number of halogens is 1. The maximum absolute atomic E-state index is 14.2. The summed E-state index contributed by atoms with van der Waals surface area (Å²) in [5, 5.41) is 18.0. The van der Waals surface area contributed by atoms with Crippen LogP contribution in [0.4, 0.5) is 10.1 Å². The molecular weight excluding hydrogens is 417 g/mol. The fourth-order valence-corrected chi connectivity index (χ4v) is 3.52. The molecule has 3 aromatic heterocycles. The number of nitrogens with one attached hydrogen (secondary N) is 1. The molecule has 0 aliphatic carbocycles. The van der Waals surface area contributed by atoms with Gasteiger partial charge in [-0.15, -0.1) is 5.10 Å². The van der Waals surface area contributed by atoms with E-state index in [0.29, 0.717) is 29.3 Å². The number of anilines is 1. The molecule has 12 heteroatoms. The average Bonchev–Trinajstić information content (AvgIpc) is 3.35. The first-order chi connectivity index (χ1) is 15.3. The maximum atomic E-state index is 14.2. The molecule has 11 nitrogen and oxygen atoms in total. The van der Waals surface area contributed by atoms with Crippen LogP contribution in [0.15, 0.2) is 24.4 Å². The molecule has 0 aliphatic rings. The van der Waals surface area contributed by atoms with E-state index in [1.165, 1.54) is 29.1 Å². The van der Waals surface area contributed by atoms with Gasteiger partial charge in [0.15, 0.2) is 11.5 Å². The van der Waals surface area contributed by atoms with Crippen molar-refractivity contribution in [3.05, 3.63) is 58.6 Å². The minimum Gasteiger partial charge on any atom is -0.365 e. The number of rotatable bonds is 6. The van der Waals surface area contributed by atoms with Crippen molar-refractivity contribution in [2.45, 2.75) is 33.6 Å². The Bertz CT molecular complexity index is 1360. The van der Waals surface area contributed by atoms with E-state index < -0.39 is 11.7 Å². The van der Waals surface area contributed by atoms with Gasteiger partial charge in [-0.1, -0.05) is 0 Å². The normalized spacial score (nSPS) is 11.1. The summed E-state index contributed by atoms with van der Waals surface area (Å²) in [7, 11) is 0. The first-order valence-corrected chi connectivity index (χ1v) is 9.74. The molecule has 0 saturated carbocycles. The molecule has 0 aliphatic heterocycles. The molecule has 0 saturated heterocycles. The molecular formula is C20H20FN9O2. The summed E-state index contributed by atoms with van der Waals surface area (Å²) in [6.07, 6.45) is 1.94. The van der Waals surface area contributed by atoms with E-state index in [1.807, 2.05) is 6.92 Å². The van der Waals surface area contributed by atoms with Gasteiger partial charge in [-0.25, -0.2) is 13.9 Å². The monoisotopic (exact) mass is 437 g/mol. The third-order valence-electron chi connectivity index (χ3n) is 5.16. The zero-order chi connectivity index (χ0) is 23.0. The minimum atomic E-state index is -0.603. The number of tetrazole rings is 1. The van der Waals surface area contributed by atoms with Crippen LogP contribution >= 0.6 is 0 Å². The number of aromatic nitrogens is 7. The lowest BCUT2D eigenvalue weighted by molar-refractivity contribution is -0.116. The van der Waals surface area contributed by atoms with Gasteiger partial charge in [-0.3, -0.25) is 9.59 Å². The van der Waals surface area contributed by atoms with Crippen LogP contribution in [-0.4, -0.2) is 46.6 Å². The van der Waals surface area contributed by atoms with Crippen molar-refractivity contribution in [1.29, 1.82) is 0 Å². The Morgan fingerprint density at radius 2 is 2.00 bits per heavy atom. The first-order valence-electron chi connectivity index (χ1n) is 9.74. The largest absolute Gasteiger partial charge is 0.365 e. The molecule has 0 radical (unpaired) electrons. The lowest BCUT2D eigenvalue weighted by Crippen LogP contribution is -2.15. The van der Waals surface area contributed by atoms with Gasteiger partial charge in [0.05, 0.1) is 6.20 Å². The molecule has 2 amide bonds. The van der Waals surface area contributed by atoms with Crippen LogP contribution in [0.3, 0.4) is 0 Å². The number of carbonyl (C=O) groups is 2. The van der Waals surface area contributed by atoms with Gasteiger partial charge in [-0.05, 0) is 61.4 Å². The topological polar surface area (TPSA) is 146 Å². The van der Waals surface area contributed by atoms with Crippen molar-refractivity contribution < 1.29 is 14.0 Å². The summed E-state index contributed by atoms with van der Waals surface area (Å²) in [6, 6.07) is 4.18. The van der Waals surface area contributed by atoms with Crippen LogP contribution < -0.4 is 11.1 Å². The third-order valence-corrected chi connectivity index (χ3v) is 5.16. The van der Waals surface area contributed by atoms with Crippen molar-refractivity contribution in [3.63, 3.8) is 0 Å². The number of nitrogens with two attached hydrogens (primary N) is 1. The second-order valence-electron chi connectivity index (χ2n) is 7.27. The first kappa shape index (κ1) is 21.0. The predicted octanol–water partition coefficient (Wildman–Crippen LogP) is 1.44. The second kappa shape index (κ2) is 8.13. The number of hydrogen-bond acceptors (Lipinski definition) is 7. The molecule has 0 atom stereocenters. The molecule has 4 rings (SSSR count). The Balaban J connectivity index is 1.51. The molecule has 0 bridgehead atoms. The van der Waals surface area contributed by atoms with Crippen LogP contribution in [0.1, 0.15) is 39.6 Å². The molecule has 0 fully saturated rings. The smallest absolute Gasteiger partial charge is 0.254 e. The van der Waals surface area contributed by atoms with Crippen LogP contribution in [0.5, 0.6) is 0 Å². The lowest BCUT2D eigenvalue weighted by Gasteiger charge is -2.12. The Hall–Kier alpha value is -4.22. The zero-order valence-electron chi connectivity index (χ0n) is 17.6. The van der Waals surface area contributed by atoms with Gasteiger partial charge in [0.1, 0.15) is 17.1 Å². The maximum Gasteiger partial charge on any atom is 0.254 e. The number of amides is 2. The molecule has 164 valence electrons. The Morgan fingerprint density at radius 1 is 1.22 bits per heavy atom. The highest BCUT2D eigenvalue weighted by Gasteiger charge is 2.17. The van der Waals surface area contributed by atoms with Gasteiger partial charge in [0.2, 0.25) is 5.91 Å². The molecule has 32 heavy (non-hydrogen) atoms. The van der Waals surface area contributed by atoms with E-state index in [0.717, 1.165) is 11.3 Å². The predicted molar refractivity (Wildman–Crippen MR) is 112 cm³/mol. The van der Waals surface area contributed by atoms with Gasteiger partial charge in [0, 0.05) is 23.5 Å².